The predicted octanol–water partition coefficient (Wildman–Crippen LogP) is 4.97. The van der Waals surface area contributed by atoms with Gasteiger partial charge in [0.1, 0.15) is 0 Å². The van der Waals surface area contributed by atoms with Crippen molar-refractivity contribution in [1.82, 2.24) is 0 Å². The van der Waals surface area contributed by atoms with Crippen LogP contribution < -0.4 is 5.32 Å². The van der Waals surface area contributed by atoms with Gasteiger partial charge in [-0.25, -0.2) is 4.79 Å². The number of hydrogen-bond acceptors (Lipinski definition) is 2. The van der Waals surface area contributed by atoms with Crippen LogP contribution >= 0.6 is 0 Å². The van der Waals surface area contributed by atoms with Gasteiger partial charge in [0.05, 0.1) is 5.56 Å². The Morgan fingerprint density at radius 3 is 2.42 bits per heavy atom. The Hall–Kier alpha value is -3.07. The van der Waals surface area contributed by atoms with E-state index in [4.69, 9.17) is 5.11 Å². The molecule has 3 rings (SSSR count). The van der Waals surface area contributed by atoms with E-state index in [1.807, 2.05) is 30.3 Å². The second kappa shape index (κ2) is 7.01. The lowest BCUT2D eigenvalue weighted by atomic mass is 10.0. The van der Waals surface area contributed by atoms with E-state index in [1.54, 1.807) is 18.2 Å². The normalized spacial score (nSPS) is 10.4. The first-order chi connectivity index (χ1) is 11.6. The van der Waals surface area contributed by atoms with Crippen LogP contribution in [0, 0.1) is 6.92 Å². The molecule has 0 spiro atoms. The quantitative estimate of drug-likeness (QED) is 0.698. The number of benzene rings is 3. The Morgan fingerprint density at radius 1 is 0.917 bits per heavy atom. The predicted molar refractivity (Wildman–Crippen MR) is 97.3 cm³/mol. The van der Waals surface area contributed by atoms with Gasteiger partial charge in [0.15, 0.2) is 0 Å². The minimum Gasteiger partial charge on any atom is -0.478 e. The summed E-state index contributed by atoms with van der Waals surface area (Å²) < 4.78 is 0. The third kappa shape index (κ3) is 3.63. The summed E-state index contributed by atoms with van der Waals surface area (Å²) in [5.74, 6) is -0.911. The van der Waals surface area contributed by atoms with Crippen molar-refractivity contribution in [3.05, 3.63) is 89.5 Å². The van der Waals surface area contributed by atoms with E-state index in [-0.39, 0.29) is 0 Å². The third-order valence-corrected chi connectivity index (χ3v) is 4.01. The van der Waals surface area contributed by atoms with Crippen LogP contribution in [-0.2, 0) is 6.54 Å². The highest BCUT2D eigenvalue weighted by Gasteiger charge is 2.07. The second-order valence-corrected chi connectivity index (χ2v) is 5.75. The molecule has 2 N–H and O–H groups in total. The van der Waals surface area contributed by atoms with Crippen LogP contribution in [-0.4, -0.2) is 11.1 Å². The molecule has 3 heteroatoms. The van der Waals surface area contributed by atoms with E-state index in [0.717, 1.165) is 28.9 Å². The van der Waals surface area contributed by atoms with Gasteiger partial charge in [-0.3, -0.25) is 0 Å². The van der Waals surface area contributed by atoms with E-state index >= 15 is 0 Å². The van der Waals surface area contributed by atoms with Gasteiger partial charge >= 0.3 is 5.97 Å². The van der Waals surface area contributed by atoms with Gasteiger partial charge in [-0.1, -0.05) is 54.6 Å². The van der Waals surface area contributed by atoms with Crippen molar-refractivity contribution in [3.8, 4) is 11.1 Å². The molecule has 0 saturated carbocycles. The smallest absolute Gasteiger partial charge is 0.335 e. The Morgan fingerprint density at radius 2 is 1.67 bits per heavy atom. The zero-order valence-electron chi connectivity index (χ0n) is 13.5. The number of carbonyl (C=O) groups is 1. The maximum Gasteiger partial charge on any atom is 0.335 e. The average molecular weight is 317 g/mol. The highest BCUT2D eigenvalue weighted by Crippen LogP contribution is 2.26. The van der Waals surface area contributed by atoms with Crippen molar-refractivity contribution in [3.63, 3.8) is 0 Å². The van der Waals surface area contributed by atoms with Crippen molar-refractivity contribution >= 4 is 11.7 Å². The summed E-state index contributed by atoms with van der Waals surface area (Å²) in [6, 6.07) is 23.4. The van der Waals surface area contributed by atoms with E-state index in [0.29, 0.717) is 5.56 Å². The number of anilines is 1. The molecule has 0 atom stereocenters. The molecule has 3 aromatic carbocycles. The molecule has 24 heavy (non-hydrogen) atoms. The zero-order chi connectivity index (χ0) is 16.9. The van der Waals surface area contributed by atoms with Crippen molar-refractivity contribution in [2.24, 2.45) is 0 Å². The monoisotopic (exact) mass is 317 g/mol. The molecule has 0 fully saturated rings. The number of carboxylic acids is 1. The van der Waals surface area contributed by atoms with Crippen molar-refractivity contribution in [1.29, 1.82) is 0 Å². The molecule has 0 aromatic heterocycles. The number of aromatic carboxylic acids is 1. The number of aryl methyl sites for hydroxylation is 1. The van der Waals surface area contributed by atoms with Gasteiger partial charge in [-0.05, 0) is 47.4 Å². The molecule has 120 valence electrons. The minimum absolute atomic E-state index is 0.298. The molecule has 0 aliphatic heterocycles. The lowest BCUT2D eigenvalue weighted by molar-refractivity contribution is 0.0697. The van der Waals surface area contributed by atoms with Crippen LogP contribution in [0.15, 0.2) is 72.8 Å². The highest BCUT2D eigenvalue weighted by molar-refractivity contribution is 5.89. The van der Waals surface area contributed by atoms with E-state index in [1.165, 1.54) is 5.56 Å². The standard InChI is InChI=1S/C21H19NO2/c1-15-10-11-18(17-8-5-9-19(12-17)21(23)24)13-20(15)22-14-16-6-3-2-4-7-16/h2-13,22H,14H2,1H3,(H,23,24). The van der Waals surface area contributed by atoms with Crippen molar-refractivity contribution in [2.75, 3.05) is 5.32 Å². The fourth-order valence-electron chi connectivity index (χ4n) is 2.62. The van der Waals surface area contributed by atoms with E-state index in [9.17, 15) is 4.79 Å². The summed E-state index contributed by atoms with van der Waals surface area (Å²) in [5, 5.41) is 12.6. The molecule has 0 aliphatic carbocycles. The van der Waals surface area contributed by atoms with Crippen LogP contribution in [0.3, 0.4) is 0 Å². The number of nitrogens with one attached hydrogen (secondary N) is 1. The van der Waals surface area contributed by atoms with Gasteiger partial charge in [0.25, 0.3) is 0 Å². The number of carboxylic acid groups (broad SMARTS) is 1. The van der Waals surface area contributed by atoms with Gasteiger partial charge in [0, 0.05) is 12.2 Å². The summed E-state index contributed by atoms with van der Waals surface area (Å²) in [4.78, 5) is 11.2. The average Bonchev–Trinajstić information content (AvgIpc) is 2.62. The molecule has 0 aliphatic rings. The molecular weight excluding hydrogens is 298 g/mol. The molecule has 0 unspecified atom stereocenters. The van der Waals surface area contributed by atoms with Crippen molar-refractivity contribution in [2.45, 2.75) is 13.5 Å². The Labute approximate surface area is 141 Å². The maximum atomic E-state index is 11.2. The third-order valence-electron chi connectivity index (χ3n) is 4.01. The van der Waals surface area contributed by atoms with Crippen molar-refractivity contribution < 1.29 is 9.90 Å². The van der Waals surface area contributed by atoms with Crippen LogP contribution in [0.2, 0.25) is 0 Å². The van der Waals surface area contributed by atoms with Crippen LogP contribution in [0.1, 0.15) is 21.5 Å². The summed E-state index contributed by atoms with van der Waals surface area (Å²) in [6.07, 6.45) is 0. The first kappa shape index (κ1) is 15.8. The molecule has 0 heterocycles. The molecule has 3 aromatic rings. The summed E-state index contributed by atoms with van der Waals surface area (Å²) >= 11 is 0. The summed E-state index contributed by atoms with van der Waals surface area (Å²) in [7, 11) is 0. The SMILES string of the molecule is Cc1ccc(-c2cccc(C(=O)O)c2)cc1NCc1ccccc1. The second-order valence-electron chi connectivity index (χ2n) is 5.75. The van der Waals surface area contributed by atoms with Gasteiger partial charge < -0.3 is 10.4 Å². The zero-order valence-corrected chi connectivity index (χ0v) is 13.5. The lowest BCUT2D eigenvalue weighted by Crippen LogP contribution is -2.01. The highest BCUT2D eigenvalue weighted by atomic mass is 16.4. The van der Waals surface area contributed by atoms with E-state index in [2.05, 4.69) is 36.5 Å². The van der Waals surface area contributed by atoms with E-state index < -0.39 is 5.97 Å². The maximum absolute atomic E-state index is 11.2. The molecule has 0 amide bonds. The Kier molecular flexibility index (Phi) is 4.62. The Bertz CT molecular complexity index is 857. The first-order valence-electron chi connectivity index (χ1n) is 7.85. The largest absolute Gasteiger partial charge is 0.478 e. The van der Waals surface area contributed by atoms with Gasteiger partial charge in [-0.2, -0.15) is 0 Å². The summed E-state index contributed by atoms with van der Waals surface area (Å²) in [6.45, 7) is 2.81. The molecule has 0 bridgehead atoms. The number of hydrogen-bond donors (Lipinski definition) is 2. The molecule has 0 radical (unpaired) electrons. The van der Waals surface area contributed by atoms with Gasteiger partial charge in [-0.15, -0.1) is 0 Å². The fourth-order valence-corrected chi connectivity index (χ4v) is 2.62. The Balaban J connectivity index is 1.86. The van der Waals surface area contributed by atoms with Crippen LogP contribution in [0.25, 0.3) is 11.1 Å². The lowest BCUT2D eigenvalue weighted by Gasteiger charge is -2.12. The number of rotatable bonds is 5. The summed E-state index contributed by atoms with van der Waals surface area (Å²) in [5.41, 5.74) is 5.63. The molecular formula is C21H19NO2. The van der Waals surface area contributed by atoms with Gasteiger partial charge in [0.2, 0.25) is 0 Å². The minimum atomic E-state index is -0.911. The molecule has 0 saturated heterocycles. The fraction of sp³-hybridized carbons (Fsp3) is 0.0952. The van der Waals surface area contributed by atoms with Crippen LogP contribution in [0.5, 0.6) is 0 Å². The van der Waals surface area contributed by atoms with Crippen LogP contribution in [0.4, 0.5) is 5.69 Å². The first-order valence-corrected chi connectivity index (χ1v) is 7.85. The topological polar surface area (TPSA) is 49.3 Å². The molecule has 3 nitrogen and oxygen atoms in total.